The third-order valence-corrected chi connectivity index (χ3v) is 4.43. The molecule has 162 valence electrons. The Bertz CT molecular complexity index is 924. The molecule has 1 heterocycles. The van der Waals surface area contributed by atoms with Gasteiger partial charge >= 0.3 is 12.6 Å². The number of alkyl halides is 2. The zero-order valence-electron chi connectivity index (χ0n) is 17.0. The smallest absolute Gasteiger partial charge is 0.387 e. The van der Waals surface area contributed by atoms with Gasteiger partial charge in [0.05, 0.1) is 5.56 Å². The number of hydrogen-bond donors (Lipinski definition) is 1. The fourth-order valence-electron chi connectivity index (χ4n) is 3.03. The molecule has 2 rings (SSSR count). The summed E-state index contributed by atoms with van der Waals surface area (Å²) < 4.78 is 36.1. The number of aromatic nitrogens is 1. The molecule has 2 aromatic rings. The molecule has 0 atom stereocenters. The van der Waals surface area contributed by atoms with Crippen molar-refractivity contribution in [1.82, 2.24) is 9.88 Å². The van der Waals surface area contributed by atoms with E-state index in [4.69, 9.17) is 4.74 Å². The Labute approximate surface area is 173 Å². The maximum Gasteiger partial charge on any atom is 0.387 e. The average Bonchev–Trinajstić information content (AvgIpc) is 2.99. The SMILES string of the molecule is CCCn1c(C)cc(C(=O)COC(=O)CNC(=O)c2ccccc2OC(F)F)c1C. The molecule has 0 saturated carbocycles. The summed E-state index contributed by atoms with van der Waals surface area (Å²) in [5, 5.41) is 2.26. The fraction of sp³-hybridized carbons (Fsp3) is 0.381. The number of amides is 1. The van der Waals surface area contributed by atoms with Crippen LogP contribution in [0.5, 0.6) is 5.75 Å². The summed E-state index contributed by atoms with van der Waals surface area (Å²) in [5.41, 5.74) is 2.08. The van der Waals surface area contributed by atoms with E-state index >= 15 is 0 Å². The quantitative estimate of drug-likeness (QED) is 0.469. The third-order valence-electron chi connectivity index (χ3n) is 4.43. The normalized spacial score (nSPS) is 10.7. The summed E-state index contributed by atoms with van der Waals surface area (Å²) in [4.78, 5) is 36.4. The Hall–Kier alpha value is -3.23. The molecule has 0 aliphatic heterocycles. The summed E-state index contributed by atoms with van der Waals surface area (Å²) in [5.74, 6) is -2.26. The minimum atomic E-state index is -3.09. The van der Waals surface area contributed by atoms with Gasteiger partial charge in [0.2, 0.25) is 5.78 Å². The molecule has 0 spiro atoms. The Balaban J connectivity index is 1.89. The van der Waals surface area contributed by atoms with Crippen molar-refractivity contribution in [2.24, 2.45) is 0 Å². The van der Waals surface area contributed by atoms with Crippen molar-refractivity contribution in [1.29, 1.82) is 0 Å². The van der Waals surface area contributed by atoms with Gasteiger partial charge in [-0.15, -0.1) is 0 Å². The molecule has 0 aliphatic carbocycles. The average molecular weight is 422 g/mol. The molecule has 0 radical (unpaired) electrons. The molecular formula is C21H24F2N2O5. The summed E-state index contributed by atoms with van der Waals surface area (Å²) in [6.45, 7) is 2.48. The number of rotatable bonds is 10. The highest BCUT2D eigenvalue weighted by atomic mass is 19.3. The molecule has 7 nitrogen and oxygen atoms in total. The predicted octanol–water partition coefficient (Wildman–Crippen LogP) is 3.27. The highest BCUT2D eigenvalue weighted by Crippen LogP contribution is 2.20. The lowest BCUT2D eigenvalue weighted by atomic mass is 10.1. The molecule has 9 heteroatoms. The van der Waals surface area contributed by atoms with Gasteiger partial charge in [0.1, 0.15) is 12.3 Å². The van der Waals surface area contributed by atoms with E-state index < -0.39 is 31.6 Å². The highest BCUT2D eigenvalue weighted by molar-refractivity contribution is 6.00. The Morgan fingerprint density at radius 1 is 1.13 bits per heavy atom. The summed E-state index contributed by atoms with van der Waals surface area (Å²) >= 11 is 0. The van der Waals surface area contributed by atoms with E-state index in [2.05, 4.69) is 10.1 Å². The van der Waals surface area contributed by atoms with E-state index in [9.17, 15) is 23.2 Å². The molecule has 1 N–H and O–H groups in total. The molecule has 1 amide bonds. The number of carbonyl (C=O) groups excluding carboxylic acids is 3. The summed E-state index contributed by atoms with van der Waals surface area (Å²) in [6, 6.07) is 7.16. The van der Waals surface area contributed by atoms with Crippen LogP contribution in [0.15, 0.2) is 30.3 Å². The van der Waals surface area contributed by atoms with Gasteiger partial charge in [-0.3, -0.25) is 14.4 Å². The maximum absolute atomic E-state index is 12.4. The van der Waals surface area contributed by atoms with Gasteiger partial charge in [0.25, 0.3) is 5.91 Å². The number of carbonyl (C=O) groups is 3. The Morgan fingerprint density at radius 2 is 1.83 bits per heavy atom. The van der Waals surface area contributed by atoms with Gasteiger partial charge in [-0.05, 0) is 38.5 Å². The minimum Gasteiger partial charge on any atom is -0.456 e. The number of para-hydroxylation sites is 1. The number of ether oxygens (including phenoxy) is 2. The van der Waals surface area contributed by atoms with Crippen LogP contribution in [0.3, 0.4) is 0 Å². The van der Waals surface area contributed by atoms with Crippen LogP contribution in [0, 0.1) is 13.8 Å². The molecule has 0 unspecified atom stereocenters. The first-order valence-corrected chi connectivity index (χ1v) is 9.42. The van der Waals surface area contributed by atoms with Crippen molar-refractivity contribution in [3.63, 3.8) is 0 Å². The largest absolute Gasteiger partial charge is 0.456 e. The van der Waals surface area contributed by atoms with Crippen LogP contribution < -0.4 is 10.1 Å². The molecule has 1 aromatic carbocycles. The monoisotopic (exact) mass is 422 g/mol. The second-order valence-corrected chi connectivity index (χ2v) is 6.58. The number of nitrogens with one attached hydrogen (secondary N) is 1. The van der Waals surface area contributed by atoms with Crippen molar-refractivity contribution < 1.29 is 32.6 Å². The first kappa shape index (κ1) is 23.1. The van der Waals surface area contributed by atoms with Crippen molar-refractivity contribution in [3.8, 4) is 5.75 Å². The Morgan fingerprint density at radius 3 is 2.50 bits per heavy atom. The highest BCUT2D eigenvalue weighted by Gasteiger charge is 2.19. The third kappa shape index (κ3) is 5.88. The number of benzene rings is 1. The van der Waals surface area contributed by atoms with E-state index in [0.29, 0.717) is 5.56 Å². The number of aryl methyl sites for hydroxylation is 1. The van der Waals surface area contributed by atoms with Crippen molar-refractivity contribution in [2.45, 2.75) is 40.3 Å². The zero-order valence-corrected chi connectivity index (χ0v) is 17.0. The number of hydrogen-bond acceptors (Lipinski definition) is 5. The fourth-order valence-corrected chi connectivity index (χ4v) is 3.03. The standard InChI is InChI=1S/C21H24F2N2O5/c1-4-9-25-13(2)10-16(14(25)3)17(26)12-29-19(27)11-24-20(28)15-7-5-6-8-18(15)30-21(22)23/h5-8,10,21H,4,9,11-12H2,1-3H3,(H,24,28). The van der Waals surface area contributed by atoms with E-state index in [1.54, 1.807) is 6.07 Å². The molecule has 0 saturated heterocycles. The van der Waals surface area contributed by atoms with Crippen LogP contribution in [-0.4, -0.2) is 42.0 Å². The predicted molar refractivity (Wildman–Crippen MR) is 105 cm³/mol. The molecular weight excluding hydrogens is 398 g/mol. The molecule has 0 fully saturated rings. The van der Waals surface area contributed by atoms with Crippen molar-refractivity contribution in [3.05, 3.63) is 52.8 Å². The first-order valence-electron chi connectivity index (χ1n) is 9.42. The van der Waals surface area contributed by atoms with Gasteiger partial charge in [-0.1, -0.05) is 19.1 Å². The summed E-state index contributed by atoms with van der Waals surface area (Å²) in [7, 11) is 0. The molecule has 30 heavy (non-hydrogen) atoms. The topological polar surface area (TPSA) is 86.6 Å². The van der Waals surface area contributed by atoms with Gasteiger partial charge in [-0.2, -0.15) is 8.78 Å². The number of halogens is 2. The van der Waals surface area contributed by atoms with Crippen LogP contribution in [-0.2, 0) is 16.1 Å². The summed E-state index contributed by atoms with van der Waals surface area (Å²) in [6.07, 6.45) is 0.921. The van der Waals surface area contributed by atoms with Crippen LogP contribution in [0.25, 0.3) is 0 Å². The van der Waals surface area contributed by atoms with Crippen molar-refractivity contribution >= 4 is 17.7 Å². The van der Waals surface area contributed by atoms with Crippen LogP contribution in [0.1, 0.15) is 45.4 Å². The lowest BCUT2D eigenvalue weighted by molar-refractivity contribution is -0.141. The van der Waals surface area contributed by atoms with Crippen LogP contribution in [0.2, 0.25) is 0 Å². The van der Waals surface area contributed by atoms with E-state index in [1.165, 1.54) is 24.3 Å². The second-order valence-electron chi connectivity index (χ2n) is 6.58. The maximum atomic E-state index is 12.4. The van der Waals surface area contributed by atoms with Gasteiger partial charge in [0.15, 0.2) is 6.61 Å². The van der Waals surface area contributed by atoms with E-state index in [0.717, 1.165) is 24.4 Å². The molecule has 1 aromatic heterocycles. The number of nitrogens with zero attached hydrogens (tertiary/aromatic N) is 1. The lowest BCUT2D eigenvalue weighted by Crippen LogP contribution is -2.32. The number of ketones is 1. The molecule has 0 bridgehead atoms. The van der Waals surface area contributed by atoms with Crippen molar-refractivity contribution in [2.75, 3.05) is 13.2 Å². The van der Waals surface area contributed by atoms with Gasteiger partial charge in [0, 0.05) is 23.5 Å². The van der Waals surface area contributed by atoms with Crippen LogP contribution in [0.4, 0.5) is 8.78 Å². The number of esters is 1. The Kier molecular flexibility index (Phi) is 8.08. The minimum absolute atomic E-state index is 0.148. The van der Waals surface area contributed by atoms with E-state index in [-0.39, 0.29) is 17.1 Å². The lowest BCUT2D eigenvalue weighted by Gasteiger charge is -2.11. The van der Waals surface area contributed by atoms with E-state index in [1.807, 2.05) is 25.3 Å². The number of Topliss-reactive ketones (excluding diaryl/α,β-unsaturated/α-hetero) is 1. The second kappa shape index (κ2) is 10.5. The van der Waals surface area contributed by atoms with Gasteiger partial charge in [-0.25, -0.2) is 0 Å². The van der Waals surface area contributed by atoms with Gasteiger partial charge < -0.3 is 19.4 Å². The molecule has 0 aliphatic rings. The first-order chi connectivity index (χ1) is 14.2. The van der Waals surface area contributed by atoms with Crippen LogP contribution >= 0.6 is 0 Å². The zero-order chi connectivity index (χ0) is 22.3.